The van der Waals surface area contributed by atoms with Crippen LogP contribution >= 0.6 is 0 Å². The van der Waals surface area contributed by atoms with Gasteiger partial charge in [0.25, 0.3) is 5.91 Å². The predicted molar refractivity (Wildman–Crippen MR) is 105 cm³/mol. The van der Waals surface area contributed by atoms with Crippen LogP contribution in [0.2, 0.25) is 0 Å². The average molecular weight is 393 g/mol. The van der Waals surface area contributed by atoms with Crippen LogP contribution in [0.1, 0.15) is 34.6 Å². The van der Waals surface area contributed by atoms with Gasteiger partial charge in [-0.25, -0.2) is 0 Å². The van der Waals surface area contributed by atoms with Crippen molar-refractivity contribution in [2.45, 2.75) is 32.0 Å². The number of hydrogen-bond donors (Lipinski definition) is 2. The Morgan fingerprint density at radius 1 is 1.21 bits per heavy atom. The third kappa shape index (κ3) is 5.35. The number of carbonyl (C=O) groups excluding carboxylic acids is 1. The summed E-state index contributed by atoms with van der Waals surface area (Å²) in [5.41, 5.74) is 1.82. The number of rotatable bonds is 7. The molecular formula is C20H23N7O2. The minimum atomic E-state index is -0.201. The maximum atomic E-state index is 12.3. The minimum absolute atomic E-state index is 0.154. The Morgan fingerprint density at radius 2 is 2.03 bits per heavy atom. The molecule has 0 bridgehead atoms. The lowest BCUT2D eigenvalue weighted by Crippen LogP contribution is -2.37. The predicted octanol–water partition coefficient (Wildman–Crippen LogP) is 1.57. The number of amides is 1. The summed E-state index contributed by atoms with van der Waals surface area (Å²) < 4.78 is 6.14. The highest BCUT2D eigenvalue weighted by molar-refractivity contribution is 5.94. The van der Waals surface area contributed by atoms with Gasteiger partial charge in [0, 0.05) is 37.6 Å². The Labute approximate surface area is 168 Å². The van der Waals surface area contributed by atoms with E-state index in [1.54, 1.807) is 12.1 Å². The Morgan fingerprint density at radius 3 is 2.79 bits per heavy atom. The van der Waals surface area contributed by atoms with Crippen molar-refractivity contribution in [2.24, 2.45) is 0 Å². The Bertz CT molecular complexity index is 910. The number of H-pyrrole nitrogens is 1. The summed E-state index contributed by atoms with van der Waals surface area (Å²) in [5, 5.41) is 16.2. The number of pyridine rings is 1. The molecule has 3 heterocycles. The minimum Gasteiger partial charge on any atom is -0.490 e. The molecule has 1 fully saturated rings. The number of hydrogen-bond acceptors (Lipinski definition) is 7. The largest absolute Gasteiger partial charge is 0.490 e. The molecule has 0 spiro atoms. The summed E-state index contributed by atoms with van der Waals surface area (Å²) in [6, 6.07) is 11.4. The molecule has 2 aromatic heterocycles. The number of likely N-dealkylation sites (tertiary alicyclic amines) is 1. The Kier molecular flexibility index (Phi) is 6.06. The van der Waals surface area contributed by atoms with Crippen molar-refractivity contribution < 1.29 is 9.53 Å². The highest BCUT2D eigenvalue weighted by Crippen LogP contribution is 2.21. The van der Waals surface area contributed by atoms with Gasteiger partial charge >= 0.3 is 0 Å². The number of benzene rings is 1. The summed E-state index contributed by atoms with van der Waals surface area (Å²) in [7, 11) is 0. The van der Waals surface area contributed by atoms with E-state index in [2.05, 4.69) is 48.0 Å². The van der Waals surface area contributed by atoms with Gasteiger partial charge in [-0.3, -0.25) is 14.7 Å². The number of aromatic amines is 1. The molecule has 1 amide bonds. The molecule has 9 heteroatoms. The van der Waals surface area contributed by atoms with E-state index in [1.807, 2.05) is 24.5 Å². The highest BCUT2D eigenvalue weighted by Gasteiger charge is 2.21. The fraction of sp³-hybridized carbons (Fsp3) is 0.350. The van der Waals surface area contributed by atoms with Crippen LogP contribution in [-0.4, -0.2) is 55.6 Å². The van der Waals surface area contributed by atoms with Gasteiger partial charge in [-0.1, -0.05) is 11.3 Å². The van der Waals surface area contributed by atoms with Crippen LogP contribution in [0.25, 0.3) is 0 Å². The normalized spacial score (nSPS) is 15.2. The molecule has 4 rings (SSSR count). The average Bonchev–Trinajstić information content (AvgIpc) is 3.28. The lowest BCUT2D eigenvalue weighted by molar-refractivity contribution is 0.0934. The van der Waals surface area contributed by atoms with Crippen molar-refractivity contribution in [3.8, 4) is 5.75 Å². The smallest absolute Gasteiger partial charge is 0.251 e. The van der Waals surface area contributed by atoms with Crippen molar-refractivity contribution in [2.75, 3.05) is 13.1 Å². The SMILES string of the molecule is O=C(NCc1nn[nH]n1)c1cccc(OC2CCN(Cc3ccncc3)CC2)c1. The van der Waals surface area contributed by atoms with Crippen LogP contribution in [0.15, 0.2) is 48.8 Å². The van der Waals surface area contributed by atoms with Crippen LogP contribution < -0.4 is 10.1 Å². The third-order valence-electron chi connectivity index (χ3n) is 4.89. The standard InChI is InChI=1S/C20H23N7O2/c28-20(22-13-19-23-25-26-24-19)16-2-1-3-18(12-16)29-17-6-10-27(11-7-17)14-15-4-8-21-9-5-15/h1-5,8-9,12,17H,6-7,10-11,13-14H2,(H,22,28)(H,23,24,25,26). The van der Waals surface area contributed by atoms with Crippen molar-refractivity contribution in [3.63, 3.8) is 0 Å². The third-order valence-corrected chi connectivity index (χ3v) is 4.89. The molecule has 0 radical (unpaired) electrons. The molecule has 0 saturated carbocycles. The van der Waals surface area contributed by atoms with Crippen LogP contribution in [0.3, 0.4) is 0 Å². The first kappa shape index (κ1) is 19.0. The van der Waals surface area contributed by atoms with Crippen LogP contribution in [0.4, 0.5) is 0 Å². The number of carbonyl (C=O) groups is 1. The van der Waals surface area contributed by atoms with E-state index < -0.39 is 0 Å². The second-order valence-corrected chi connectivity index (χ2v) is 6.99. The number of piperidine rings is 1. The molecule has 1 aliphatic rings. The molecule has 9 nitrogen and oxygen atoms in total. The zero-order valence-corrected chi connectivity index (χ0v) is 16.0. The lowest BCUT2D eigenvalue weighted by atomic mass is 10.1. The zero-order chi connectivity index (χ0) is 19.9. The first-order chi connectivity index (χ1) is 14.3. The van der Waals surface area contributed by atoms with E-state index >= 15 is 0 Å². The van der Waals surface area contributed by atoms with E-state index in [1.165, 1.54) is 5.56 Å². The van der Waals surface area contributed by atoms with Crippen LogP contribution in [0.5, 0.6) is 5.75 Å². The second kappa shape index (κ2) is 9.24. The molecular weight excluding hydrogens is 370 g/mol. The fourth-order valence-electron chi connectivity index (χ4n) is 3.35. The number of ether oxygens (including phenoxy) is 1. The molecule has 2 N–H and O–H groups in total. The number of tetrazole rings is 1. The summed E-state index contributed by atoms with van der Waals surface area (Å²) >= 11 is 0. The van der Waals surface area contributed by atoms with Gasteiger partial charge in [0.1, 0.15) is 11.9 Å². The van der Waals surface area contributed by atoms with Gasteiger partial charge in [-0.15, -0.1) is 10.2 Å². The molecule has 0 atom stereocenters. The molecule has 150 valence electrons. The summed E-state index contributed by atoms with van der Waals surface area (Å²) in [4.78, 5) is 18.8. The maximum absolute atomic E-state index is 12.3. The van der Waals surface area contributed by atoms with Gasteiger partial charge in [0.05, 0.1) is 6.54 Å². The molecule has 1 aliphatic heterocycles. The number of nitrogens with zero attached hydrogens (tertiary/aromatic N) is 5. The quantitative estimate of drug-likeness (QED) is 0.627. The number of nitrogens with one attached hydrogen (secondary N) is 2. The Hall–Kier alpha value is -3.33. The first-order valence-electron chi connectivity index (χ1n) is 9.65. The van der Waals surface area contributed by atoms with E-state index in [-0.39, 0.29) is 18.6 Å². The van der Waals surface area contributed by atoms with Crippen molar-refractivity contribution in [3.05, 3.63) is 65.7 Å². The summed E-state index contributed by atoms with van der Waals surface area (Å²) in [6.45, 7) is 3.12. The lowest BCUT2D eigenvalue weighted by Gasteiger charge is -2.32. The van der Waals surface area contributed by atoms with Gasteiger partial charge in [-0.2, -0.15) is 5.21 Å². The molecule has 1 saturated heterocycles. The molecule has 1 aromatic carbocycles. The monoisotopic (exact) mass is 393 g/mol. The number of aromatic nitrogens is 5. The van der Waals surface area contributed by atoms with E-state index in [9.17, 15) is 4.79 Å². The van der Waals surface area contributed by atoms with Crippen LogP contribution in [0, 0.1) is 0 Å². The van der Waals surface area contributed by atoms with E-state index in [0.29, 0.717) is 17.1 Å². The van der Waals surface area contributed by atoms with Crippen molar-refractivity contribution in [1.82, 2.24) is 35.8 Å². The van der Waals surface area contributed by atoms with Crippen molar-refractivity contribution in [1.29, 1.82) is 0 Å². The molecule has 3 aromatic rings. The van der Waals surface area contributed by atoms with Gasteiger partial charge in [0.15, 0.2) is 5.82 Å². The van der Waals surface area contributed by atoms with Gasteiger partial charge in [0.2, 0.25) is 0 Å². The first-order valence-corrected chi connectivity index (χ1v) is 9.65. The molecule has 29 heavy (non-hydrogen) atoms. The fourth-order valence-corrected chi connectivity index (χ4v) is 3.35. The second-order valence-electron chi connectivity index (χ2n) is 6.99. The van der Waals surface area contributed by atoms with E-state index in [0.717, 1.165) is 32.5 Å². The summed E-state index contributed by atoms with van der Waals surface area (Å²) in [6.07, 6.45) is 5.73. The van der Waals surface area contributed by atoms with Gasteiger partial charge in [-0.05, 0) is 48.7 Å². The van der Waals surface area contributed by atoms with Crippen molar-refractivity contribution >= 4 is 5.91 Å². The maximum Gasteiger partial charge on any atom is 0.251 e. The topological polar surface area (TPSA) is 109 Å². The zero-order valence-electron chi connectivity index (χ0n) is 16.0. The van der Waals surface area contributed by atoms with Gasteiger partial charge < -0.3 is 10.1 Å². The van der Waals surface area contributed by atoms with E-state index in [4.69, 9.17) is 4.74 Å². The summed E-state index contributed by atoms with van der Waals surface area (Å²) in [5.74, 6) is 0.946. The Balaban J connectivity index is 1.26. The molecule has 0 unspecified atom stereocenters. The molecule has 0 aliphatic carbocycles. The highest BCUT2D eigenvalue weighted by atomic mass is 16.5. The van der Waals surface area contributed by atoms with Crippen LogP contribution in [-0.2, 0) is 13.1 Å².